The number of hydrogen-bond acceptors (Lipinski definition) is 8. The smallest absolute Gasteiger partial charge is 0.373 e. The van der Waals surface area contributed by atoms with Crippen LogP contribution in [0.15, 0.2) is 55.1 Å². The number of halogens is 1. The molecule has 0 radical (unpaired) electrons. The van der Waals surface area contributed by atoms with Crippen molar-refractivity contribution in [2.45, 2.75) is 0 Å². The molecule has 1 aromatic carbocycles. The summed E-state index contributed by atoms with van der Waals surface area (Å²) in [6.07, 6.45) is 4.25. The van der Waals surface area contributed by atoms with Gasteiger partial charge in [-0.05, 0) is 24.3 Å². The quantitative estimate of drug-likeness (QED) is 0.479. The van der Waals surface area contributed by atoms with E-state index in [1.165, 1.54) is 18.6 Å². The number of benzene rings is 1. The highest BCUT2D eigenvalue weighted by atomic mass is 19.1. The standard InChI is InChI=1S/C19H17FN6O3/c20-15-5-1-2-6-16(15)24-8-10-25(11-9-24)18-17(26(27)28)19(23-13-22-18)29-14-4-3-7-21-12-14/h1-7,12-13H,8-11H2. The minimum Gasteiger partial charge on any atom is -0.432 e. The molecule has 29 heavy (non-hydrogen) atoms. The third kappa shape index (κ3) is 3.91. The maximum atomic E-state index is 14.0. The number of piperazine rings is 1. The molecule has 3 heterocycles. The number of anilines is 2. The third-order valence-electron chi connectivity index (χ3n) is 4.57. The van der Waals surface area contributed by atoms with Crippen molar-refractivity contribution in [1.82, 2.24) is 15.0 Å². The zero-order chi connectivity index (χ0) is 20.2. The van der Waals surface area contributed by atoms with Gasteiger partial charge in [-0.3, -0.25) is 15.1 Å². The Bertz CT molecular complexity index is 1010. The maximum absolute atomic E-state index is 14.0. The fourth-order valence-electron chi connectivity index (χ4n) is 3.21. The molecule has 1 fully saturated rings. The Morgan fingerprint density at radius 2 is 1.79 bits per heavy atom. The minimum atomic E-state index is -0.551. The SMILES string of the molecule is O=[N+]([O-])c1c(Oc2cccnc2)ncnc1N1CCN(c2ccccc2F)CC1. The molecule has 1 aliphatic heterocycles. The highest BCUT2D eigenvalue weighted by molar-refractivity contribution is 5.64. The molecule has 0 aliphatic carbocycles. The fraction of sp³-hybridized carbons (Fsp3) is 0.211. The topological polar surface area (TPSA) is 97.5 Å². The van der Waals surface area contributed by atoms with Crippen LogP contribution in [0.5, 0.6) is 11.6 Å². The van der Waals surface area contributed by atoms with Gasteiger partial charge in [0.1, 0.15) is 17.9 Å². The van der Waals surface area contributed by atoms with E-state index < -0.39 is 4.92 Å². The summed E-state index contributed by atoms with van der Waals surface area (Å²) < 4.78 is 19.6. The predicted octanol–water partition coefficient (Wildman–Crippen LogP) is 3.04. The number of rotatable bonds is 5. The maximum Gasteiger partial charge on any atom is 0.373 e. The summed E-state index contributed by atoms with van der Waals surface area (Å²) in [5, 5.41) is 11.7. The van der Waals surface area contributed by atoms with Crippen LogP contribution in [0.4, 0.5) is 21.6 Å². The molecule has 4 rings (SSSR count). The summed E-state index contributed by atoms with van der Waals surface area (Å²) in [4.78, 5) is 26.9. The van der Waals surface area contributed by atoms with Crippen molar-refractivity contribution in [1.29, 1.82) is 0 Å². The molecule has 0 spiro atoms. The molecule has 1 aliphatic rings. The molecule has 0 N–H and O–H groups in total. The van der Waals surface area contributed by atoms with Crippen LogP contribution < -0.4 is 14.5 Å². The first kappa shape index (κ1) is 18.5. The van der Waals surface area contributed by atoms with Crippen LogP contribution in [0.2, 0.25) is 0 Å². The predicted molar refractivity (Wildman–Crippen MR) is 104 cm³/mol. The zero-order valence-corrected chi connectivity index (χ0v) is 15.3. The van der Waals surface area contributed by atoms with Crippen molar-refractivity contribution >= 4 is 17.2 Å². The van der Waals surface area contributed by atoms with Gasteiger partial charge in [-0.15, -0.1) is 0 Å². The lowest BCUT2D eigenvalue weighted by atomic mass is 10.2. The number of pyridine rings is 1. The number of hydrogen-bond donors (Lipinski definition) is 0. The van der Waals surface area contributed by atoms with Gasteiger partial charge in [-0.25, -0.2) is 9.37 Å². The van der Waals surface area contributed by atoms with Gasteiger partial charge >= 0.3 is 11.6 Å². The first-order chi connectivity index (χ1) is 14.1. The van der Waals surface area contributed by atoms with E-state index in [0.717, 1.165) is 0 Å². The van der Waals surface area contributed by atoms with E-state index in [9.17, 15) is 14.5 Å². The normalized spacial score (nSPS) is 14.0. The lowest BCUT2D eigenvalue weighted by molar-refractivity contribution is -0.385. The summed E-state index contributed by atoms with van der Waals surface area (Å²) in [5.41, 5.74) is 0.209. The van der Waals surface area contributed by atoms with Gasteiger partial charge in [-0.2, -0.15) is 4.98 Å². The van der Waals surface area contributed by atoms with Gasteiger partial charge in [0.05, 0.1) is 16.8 Å². The van der Waals surface area contributed by atoms with Gasteiger partial charge in [-0.1, -0.05) is 12.1 Å². The summed E-state index contributed by atoms with van der Waals surface area (Å²) in [6.45, 7) is 1.89. The van der Waals surface area contributed by atoms with Crippen molar-refractivity contribution in [3.8, 4) is 11.6 Å². The number of nitrogens with zero attached hydrogens (tertiary/aromatic N) is 6. The van der Waals surface area contributed by atoms with E-state index in [1.54, 1.807) is 41.4 Å². The van der Waals surface area contributed by atoms with E-state index in [-0.39, 0.29) is 23.2 Å². The average Bonchev–Trinajstić information content (AvgIpc) is 2.75. The van der Waals surface area contributed by atoms with Crippen LogP contribution in [0, 0.1) is 15.9 Å². The van der Waals surface area contributed by atoms with Gasteiger partial charge in [0.25, 0.3) is 0 Å². The molecule has 10 heteroatoms. The first-order valence-corrected chi connectivity index (χ1v) is 8.95. The average molecular weight is 396 g/mol. The lowest BCUT2D eigenvalue weighted by Crippen LogP contribution is -2.47. The Labute approximate surface area is 165 Å². The molecule has 0 unspecified atom stereocenters. The van der Waals surface area contributed by atoms with Crippen LogP contribution in [0.1, 0.15) is 0 Å². The monoisotopic (exact) mass is 396 g/mol. The molecule has 148 valence electrons. The molecule has 0 amide bonds. The summed E-state index contributed by atoms with van der Waals surface area (Å²) in [6, 6.07) is 9.85. The van der Waals surface area contributed by atoms with E-state index in [2.05, 4.69) is 15.0 Å². The van der Waals surface area contributed by atoms with E-state index >= 15 is 0 Å². The Hall–Kier alpha value is -3.82. The Balaban J connectivity index is 1.57. The summed E-state index contributed by atoms with van der Waals surface area (Å²) in [5.74, 6) is 0.0763. The van der Waals surface area contributed by atoms with Crippen molar-refractivity contribution in [2.24, 2.45) is 0 Å². The second-order valence-corrected chi connectivity index (χ2v) is 6.32. The second-order valence-electron chi connectivity index (χ2n) is 6.32. The van der Waals surface area contributed by atoms with Gasteiger partial charge in [0.15, 0.2) is 0 Å². The number of aromatic nitrogens is 3. The van der Waals surface area contributed by atoms with Crippen LogP contribution in [0.25, 0.3) is 0 Å². The van der Waals surface area contributed by atoms with E-state index in [4.69, 9.17) is 4.74 Å². The minimum absolute atomic E-state index is 0.149. The van der Waals surface area contributed by atoms with Gasteiger partial charge in [0, 0.05) is 32.4 Å². The highest BCUT2D eigenvalue weighted by Crippen LogP contribution is 2.36. The molecule has 0 saturated carbocycles. The molecule has 3 aromatic rings. The highest BCUT2D eigenvalue weighted by Gasteiger charge is 2.31. The molecular weight excluding hydrogens is 379 g/mol. The van der Waals surface area contributed by atoms with Crippen LogP contribution in [0.3, 0.4) is 0 Å². The van der Waals surface area contributed by atoms with Crippen molar-refractivity contribution < 1.29 is 14.1 Å². The van der Waals surface area contributed by atoms with Crippen molar-refractivity contribution in [3.05, 3.63) is 71.1 Å². The molecule has 9 nitrogen and oxygen atoms in total. The second kappa shape index (κ2) is 8.05. The van der Waals surface area contributed by atoms with Crippen molar-refractivity contribution in [2.75, 3.05) is 36.0 Å². The largest absolute Gasteiger partial charge is 0.432 e. The lowest BCUT2D eigenvalue weighted by Gasteiger charge is -2.36. The third-order valence-corrected chi connectivity index (χ3v) is 4.57. The fourth-order valence-corrected chi connectivity index (χ4v) is 3.21. The van der Waals surface area contributed by atoms with Gasteiger partial charge in [0.2, 0.25) is 5.82 Å². The summed E-state index contributed by atoms with van der Waals surface area (Å²) in [7, 11) is 0. The number of para-hydroxylation sites is 1. The molecule has 0 atom stereocenters. The Morgan fingerprint density at radius 1 is 1.03 bits per heavy atom. The number of ether oxygens (including phenoxy) is 1. The zero-order valence-electron chi connectivity index (χ0n) is 15.3. The van der Waals surface area contributed by atoms with E-state index in [1.807, 2.05) is 4.90 Å². The Kier molecular flexibility index (Phi) is 5.14. The number of nitro groups is 1. The van der Waals surface area contributed by atoms with Crippen molar-refractivity contribution in [3.63, 3.8) is 0 Å². The van der Waals surface area contributed by atoms with Crippen LogP contribution in [-0.4, -0.2) is 46.1 Å². The molecule has 0 bridgehead atoms. The molecular formula is C19H17FN6O3. The summed E-state index contributed by atoms with van der Waals surface area (Å²) >= 11 is 0. The van der Waals surface area contributed by atoms with Gasteiger partial charge < -0.3 is 14.5 Å². The first-order valence-electron chi connectivity index (χ1n) is 8.95. The van der Waals surface area contributed by atoms with Crippen LogP contribution in [-0.2, 0) is 0 Å². The Morgan fingerprint density at radius 3 is 2.48 bits per heavy atom. The van der Waals surface area contributed by atoms with Crippen LogP contribution >= 0.6 is 0 Å². The molecule has 1 saturated heterocycles. The van der Waals surface area contributed by atoms with E-state index in [0.29, 0.717) is 37.6 Å². The molecule has 2 aromatic heterocycles.